The van der Waals surface area contributed by atoms with Crippen LogP contribution in [0.1, 0.15) is 32.6 Å². The summed E-state index contributed by atoms with van der Waals surface area (Å²) in [6.07, 6.45) is 2.94. The minimum Gasteiger partial charge on any atom is -0.477 e. The zero-order valence-electron chi connectivity index (χ0n) is 14.6. The van der Waals surface area contributed by atoms with E-state index in [1.54, 1.807) is 6.92 Å². The number of aliphatic hydroxyl groups excluding tert-OH is 1. The number of carbonyl (C=O) groups is 2. The van der Waals surface area contributed by atoms with Gasteiger partial charge in [-0.2, -0.15) is 5.26 Å². The Labute approximate surface area is 156 Å². The lowest BCUT2D eigenvalue weighted by Gasteiger charge is -2.47. The summed E-state index contributed by atoms with van der Waals surface area (Å²) in [6.45, 7) is 2.22. The van der Waals surface area contributed by atoms with E-state index in [1.807, 2.05) is 6.07 Å². The fraction of sp³-hybridized carbons (Fsp3) is 0.647. The third-order valence-electron chi connectivity index (χ3n) is 4.79. The number of fused-ring (bicyclic) bond motifs is 1. The maximum Gasteiger partial charge on any atom is 0.353 e. The number of carboxylic acid groups (broad SMARTS) is 1. The Kier molecular flexibility index (Phi) is 7.06. The van der Waals surface area contributed by atoms with Crippen molar-refractivity contribution in [3.05, 3.63) is 10.6 Å². The van der Waals surface area contributed by atoms with E-state index in [2.05, 4.69) is 5.32 Å². The van der Waals surface area contributed by atoms with Crippen molar-refractivity contribution in [1.82, 2.24) is 10.2 Å². The fourth-order valence-electron chi connectivity index (χ4n) is 3.72. The molecule has 0 bridgehead atoms. The van der Waals surface area contributed by atoms with E-state index in [4.69, 9.17) is 10.7 Å². The molecule has 2 aliphatic rings. The maximum absolute atomic E-state index is 12.4. The monoisotopic (exact) mass is 380 g/mol. The number of thioether (sulfide) groups is 1. The topological polar surface area (TPSA) is 138 Å². The number of aliphatic hydroxyl groups is 1. The highest BCUT2D eigenvalue weighted by Crippen LogP contribution is 2.52. The molecule has 1 fully saturated rings. The van der Waals surface area contributed by atoms with Gasteiger partial charge in [-0.05, 0) is 19.8 Å². The molecule has 2 heterocycles. The van der Waals surface area contributed by atoms with Crippen LogP contribution < -0.4 is 5.32 Å². The lowest BCUT2D eigenvalue weighted by molar-refractivity contribution is -0.163. The van der Waals surface area contributed by atoms with Gasteiger partial charge in [0.15, 0.2) is 0 Å². The number of nitriles is 1. The van der Waals surface area contributed by atoms with E-state index in [9.17, 15) is 19.8 Å². The second-order valence-electron chi connectivity index (χ2n) is 6.44. The van der Waals surface area contributed by atoms with Gasteiger partial charge in [0.2, 0.25) is 5.91 Å². The van der Waals surface area contributed by atoms with Crippen LogP contribution in [-0.2, 0) is 9.59 Å². The zero-order chi connectivity index (χ0) is 19.3. The van der Waals surface area contributed by atoms with Gasteiger partial charge >= 0.3 is 5.97 Å². The molecule has 2 rings (SSSR count). The van der Waals surface area contributed by atoms with Crippen LogP contribution in [0.25, 0.3) is 0 Å². The largest absolute Gasteiger partial charge is 0.477 e. The van der Waals surface area contributed by atoms with Gasteiger partial charge in [-0.3, -0.25) is 10.2 Å². The van der Waals surface area contributed by atoms with Crippen LogP contribution in [0.5, 0.6) is 0 Å². The minimum absolute atomic E-state index is 0.0162. The Morgan fingerprint density at radius 1 is 1.54 bits per heavy atom. The number of hydrogen-bond donors (Lipinski definition) is 4. The Bertz CT molecular complexity index is 643. The van der Waals surface area contributed by atoms with Crippen molar-refractivity contribution in [3.8, 4) is 6.07 Å². The van der Waals surface area contributed by atoms with Crippen molar-refractivity contribution in [2.45, 2.75) is 44.8 Å². The molecule has 4 N–H and O–H groups in total. The molecule has 142 valence electrons. The summed E-state index contributed by atoms with van der Waals surface area (Å²) in [5.41, 5.74) is 0.0162. The number of aliphatic carboxylic acids is 1. The molecule has 4 atom stereocenters. The average Bonchev–Trinajstić information content (AvgIpc) is 2.85. The first-order valence-corrected chi connectivity index (χ1v) is 9.64. The highest BCUT2D eigenvalue weighted by atomic mass is 32.2. The standard InChI is InChI=1S/C17H24N4O4S/c1-10(22)12-13-11(5-2-3-7-20-9-19)15(26-8-4-6-18)14(17(24)25)21(13)16(12)23/h9-13,22H,2-5,7-8H2,1H3,(H2,19,20)(H,24,25)/t10-,11-,12-,13-/m1/s1. The van der Waals surface area contributed by atoms with E-state index in [1.165, 1.54) is 16.7 Å². The summed E-state index contributed by atoms with van der Waals surface area (Å²) < 4.78 is 0. The van der Waals surface area contributed by atoms with Gasteiger partial charge < -0.3 is 20.4 Å². The number of carboxylic acids is 1. The zero-order valence-corrected chi connectivity index (χ0v) is 15.5. The summed E-state index contributed by atoms with van der Waals surface area (Å²) in [6, 6.07) is 1.72. The summed E-state index contributed by atoms with van der Waals surface area (Å²) in [7, 11) is 0. The highest BCUT2D eigenvalue weighted by molar-refractivity contribution is 8.03. The predicted molar refractivity (Wildman–Crippen MR) is 97.3 cm³/mol. The van der Waals surface area contributed by atoms with Crippen molar-refractivity contribution in [2.24, 2.45) is 11.8 Å². The molecule has 1 amide bonds. The van der Waals surface area contributed by atoms with Gasteiger partial charge in [-0.25, -0.2) is 4.79 Å². The minimum atomic E-state index is -1.14. The molecular weight excluding hydrogens is 356 g/mol. The first-order chi connectivity index (χ1) is 12.5. The molecule has 0 aliphatic carbocycles. The molecule has 26 heavy (non-hydrogen) atoms. The van der Waals surface area contributed by atoms with Crippen molar-refractivity contribution in [1.29, 1.82) is 10.7 Å². The molecule has 0 radical (unpaired) electrons. The van der Waals surface area contributed by atoms with Gasteiger partial charge in [-0.1, -0.05) is 6.42 Å². The van der Waals surface area contributed by atoms with E-state index in [0.29, 0.717) is 30.0 Å². The second-order valence-corrected chi connectivity index (χ2v) is 7.58. The third-order valence-corrected chi connectivity index (χ3v) is 6.01. The van der Waals surface area contributed by atoms with Crippen LogP contribution in [0.2, 0.25) is 0 Å². The molecule has 0 aromatic heterocycles. The molecule has 1 saturated heterocycles. The lowest BCUT2D eigenvalue weighted by atomic mass is 9.77. The van der Waals surface area contributed by atoms with Crippen LogP contribution in [0.4, 0.5) is 0 Å². The first-order valence-electron chi connectivity index (χ1n) is 8.66. The number of unbranched alkanes of at least 4 members (excludes halogenated alkanes) is 1. The molecule has 0 aromatic carbocycles. The molecule has 8 nitrogen and oxygen atoms in total. The Morgan fingerprint density at radius 3 is 2.85 bits per heavy atom. The Balaban J connectivity index is 2.22. The number of rotatable bonds is 11. The number of β-lactam (4-membered cyclic amide) rings is 1. The summed E-state index contributed by atoms with van der Waals surface area (Å²) in [5, 5.41) is 38.1. The van der Waals surface area contributed by atoms with Crippen molar-refractivity contribution in [2.75, 3.05) is 12.3 Å². The molecule has 9 heteroatoms. The summed E-state index contributed by atoms with van der Waals surface area (Å²) >= 11 is 1.33. The fourth-order valence-corrected chi connectivity index (χ4v) is 4.93. The lowest BCUT2D eigenvalue weighted by Crippen LogP contribution is -2.63. The van der Waals surface area contributed by atoms with Gasteiger partial charge in [0.05, 0.1) is 30.5 Å². The number of carbonyl (C=O) groups excluding carboxylic acids is 1. The second kappa shape index (κ2) is 9.05. The first kappa shape index (κ1) is 20.3. The van der Waals surface area contributed by atoms with E-state index in [0.717, 1.165) is 19.2 Å². The van der Waals surface area contributed by atoms with Crippen LogP contribution in [0.3, 0.4) is 0 Å². The normalized spacial score (nSPS) is 25.3. The Hall–Kier alpha value is -2.05. The Morgan fingerprint density at radius 2 is 2.27 bits per heavy atom. The van der Waals surface area contributed by atoms with E-state index < -0.39 is 18.0 Å². The average molecular weight is 380 g/mol. The van der Waals surface area contributed by atoms with Crippen LogP contribution in [0.15, 0.2) is 10.6 Å². The number of amides is 1. The number of hydrogen-bond acceptors (Lipinski definition) is 6. The van der Waals surface area contributed by atoms with Gasteiger partial charge in [-0.15, -0.1) is 11.8 Å². The maximum atomic E-state index is 12.4. The highest BCUT2D eigenvalue weighted by Gasteiger charge is 2.60. The van der Waals surface area contributed by atoms with Crippen LogP contribution >= 0.6 is 11.8 Å². The van der Waals surface area contributed by atoms with Crippen molar-refractivity contribution >= 4 is 30.0 Å². The number of nitrogens with one attached hydrogen (secondary N) is 2. The van der Waals surface area contributed by atoms with Gasteiger partial charge in [0.1, 0.15) is 5.70 Å². The molecular formula is C17H24N4O4S. The molecule has 0 unspecified atom stereocenters. The number of nitrogens with zero attached hydrogens (tertiary/aromatic N) is 2. The van der Waals surface area contributed by atoms with Gasteiger partial charge in [0.25, 0.3) is 0 Å². The molecule has 0 saturated carbocycles. The molecule has 2 aliphatic heterocycles. The quantitative estimate of drug-likeness (QED) is 0.182. The summed E-state index contributed by atoms with van der Waals surface area (Å²) in [4.78, 5) is 26.2. The van der Waals surface area contributed by atoms with Crippen LogP contribution in [0, 0.1) is 28.6 Å². The molecule has 0 aromatic rings. The van der Waals surface area contributed by atoms with E-state index in [-0.39, 0.29) is 23.6 Å². The van der Waals surface area contributed by atoms with Crippen molar-refractivity contribution in [3.63, 3.8) is 0 Å². The SMILES string of the molecule is C[C@@H](O)[C@H]1C(=O)N2C(C(=O)O)=C(SCCC#N)[C@H](CCCCNC=N)[C@H]12. The van der Waals surface area contributed by atoms with Crippen molar-refractivity contribution < 1.29 is 19.8 Å². The smallest absolute Gasteiger partial charge is 0.353 e. The summed E-state index contributed by atoms with van der Waals surface area (Å²) in [5.74, 6) is -1.72. The van der Waals surface area contributed by atoms with Gasteiger partial charge in [0, 0.05) is 29.5 Å². The van der Waals surface area contributed by atoms with E-state index >= 15 is 0 Å². The third kappa shape index (κ3) is 3.86. The van der Waals surface area contributed by atoms with Crippen LogP contribution in [-0.4, -0.2) is 57.8 Å². The predicted octanol–water partition coefficient (Wildman–Crippen LogP) is 1.13. The molecule has 0 spiro atoms.